The third-order valence-electron chi connectivity index (χ3n) is 5.22. The van der Waals surface area contributed by atoms with Crippen LogP contribution in [0, 0.1) is 0 Å². The van der Waals surface area contributed by atoms with Crippen LogP contribution in [0.15, 0.2) is 58.1 Å². The van der Waals surface area contributed by atoms with E-state index in [1.165, 1.54) is 5.56 Å². The van der Waals surface area contributed by atoms with Gasteiger partial charge in [-0.15, -0.1) is 0 Å². The lowest BCUT2D eigenvalue weighted by Gasteiger charge is -2.34. The summed E-state index contributed by atoms with van der Waals surface area (Å²) in [6.07, 6.45) is 0. The summed E-state index contributed by atoms with van der Waals surface area (Å²) < 4.78 is 1.10. The lowest BCUT2D eigenvalue weighted by molar-refractivity contribution is -0.133. The second kappa shape index (κ2) is 8.23. The predicted octanol–water partition coefficient (Wildman–Crippen LogP) is 1.69. The van der Waals surface area contributed by atoms with Gasteiger partial charge in [-0.3, -0.25) is 24.4 Å². The van der Waals surface area contributed by atoms with Gasteiger partial charge in [0.25, 0.3) is 11.1 Å². The van der Waals surface area contributed by atoms with Gasteiger partial charge in [0.1, 0.15) is 6.54 Å². The molecule has 1 saturated heterocycles. The Morgan fingerprint density at radius 1 is 0.931 bits per heavy atom. The zero-order valence-corrected chi connectivity index (χ0v) is 16.6. The lowest BCUT2D eigenvalue weighted by Crippen LogP contribution is -2.50. The van der Waals surface area contributed by atoms with Crippen molar-refractivity contribution >= 4 is 28.3 Å². The average Bonchev–Trinajstić information content (AvgIpc) is 2.74. The van der Waals surface area contributed by atoms with Gasteiger partial charge in [-0.1, -0.05) is 35.9 Å². The molecule has 150 valence electrons. The van der Waals surface area contributed by atoms with Gasteiger partial charge in [0.05, 0.1) is 10.8 Å². The number of rotatable bonds is 4. The van der Waals surface area contributed by atoms with Gasteiger partial charge in [-0.05, 0) is 29.8 Å². The molecule has 1 aliphatic heterocycles. The number of hydrogen-bond acceptors (Lipinski definition) is 4. The van der Waals surface area contributed by atoms with E-state index in [4.69, 9.17) is 11.6 Å². The summed E-state index contributed by atoms with van der Waals surface area (Å²) in [5.41, 5.74) is 0.435. The number of halogens is 1. The van der Waals surface area contributed by atoms with E-state index in [-0.39, 0.29) is 23.6 Å². The molecule has 0 spiro atoms. The number of nitrogens with zero attached hydrogens (tertiary/aromatic N) is 3. The maximum Gasteiger partial charge on any atom is 0.273 e. The summed E-state index contributed by atoms with van der Waals surface area (Å²) >= 11 is 5.92. The molecule has 3 aromatic rings. The number of nitrogens with one attached hydrogen (secondary N) is 1. The average molecular weight is 413 g/mol. The SMILES string of the molecule is O=C(Cn1[nH]c(=O)c2ccccc2c1=O)N1CCN(Cc2ccc(Cl)cc2)CC1. The molecule has 1 amide bonds. The summed E-state index contributed by atoms with van der Waals surface area (Å²) in [4.78, 5) is 41.5. The highest BCUT2D eigenvalue weighted by molar-refractivity contribution is 6.30. The van der Waals surface area contributed by atoms with Crippen molar-refractivity contribution in [3.05, 3.63) is 79.8 Å². The molecule has 0 radical (unpaired) electrons. The maximum absolute atomic E-state index is 12.7. The molecule has 0 atom stereocenters. The number of carbonyl (C=O) groups excluding carboxylic acids is 1. The number of aromatic nitrogens is 2. The molecule has 1 fully saturated rings. The van der Waals surface area contributed by atoms with Crippen LogP contribution in [0.2, 0.25) is 5.02 Å². The Hall–Kier alpha value is -2.90. The highest BCUT2D eigenvalue weighted by Crippen LogP contribution is 2.13. The molecule has 4 rings (SSSR count). The Labute approximate surface area is 172 Å². The van der Waals surface area contributed by atoms with Crippen LogP contribution in [0.25, 0.3) is 10.8 Å². The van der Waals surface area contributed by atoms with Crippen LogP contribution in [-0.4, -0.2) is 51.7 Å². The summed E-state index contributed by atoms with van der Waals surface area (Å²) in [6.45, 7) is 3.29. The Morgan fingerprint density at radius 2 is 1.59 bits per heavy atom. The molecule has 0 aliphatic carbocycles. The first kappa shape index (κ1) is 19.4. The number of fused-ring (bicyclic) bond motifs is 1. The first-order chi connectivity index (χ1) is 14.0. The fraction of sp³-hybridized carbons (Fsp3) is 0.286. The first-order valence-electron chi connectivity index (χ1n) is 9.48. The Balaban J connectivity index is 1.40. The van der Waals surface area contributed by atoms with Crippen LogP contribution in [0.3, 0.4) is 0 Å². The van der Waals surface area contributed by atoms with Crippen LogP contribution in [0.5, 0.6) is 0 Å². The van der Waals surface area contributed by atoms with Crippen LogP contribution < -0.4 is 11.1 Å². The van der Waals surface area contributed by atoms with E-state index in [2.05, 4.69) is 10.00 Å². The number of H-pyrrole nitrogens is 1. The van der Waals surface area contributed by atoms with Crippen LogP contribution in [0.4, 0.5) is 0 Å². The molecule has 29 heavy (non-hydrogen) atoms. The molecule has 8 heteroatoms. The zero-order chi connectivity index (χ0) is 20.4. The molecule has 0 saturated carbocycles. The topological polar surface area (TPSA) is 78.4 Å². The molecule has 2 aromatic carbocycles. The summed E-state index contributed by atoms with van der Waals surface area (Å²) in [6, 6.07) is 14.4. The molecule has 1 N–H and O–H groups in total. The molecule has 0 unspecified atom stereocenters. The Bertz CT molecular complexity index is 1150. The van der Waals surface area contributed by atoms with Gasteiger partial charge >= 0.3 is 0 Å². The van der Waals surface area contributed by atoms with Gasteiger partial charge < -0.3 is 4.90 Å². The van der Waals surface area contributed by atoms with Gasteiger partial charge in [0.15, 0.2) is 0 Å². The van der Waals surface area contributed by atoms with Crippen molar-refractivity contribution in [3.63, 3.8) is 0 Å². The fourth-order valence-corrected chi connectivity index (χ4v) is 3.72. The quantitative estimate of drug-likeness (QED) is 0.707. The van der Waals surface area contributed by atoms with Crippen molar-refractivity contribution in [2.45, 2.75) is 13.1 Å². The molecular weight excluding hydrogens is 392 g/mol. The molecule has 1 aromatic heterocycles. The first-order valence-corrected chi connectivity index (χ1v) is 9.85. The zero-order valence-electron chi connectivity index (χ0n) is 15.8. The standard InChI is InChI=1S/C21H21ClN4O3/c22-16-7-5-15(6-8-16)13-24-9-11-25(12-10-24)19(27)14-26-21(29)18-4-2-1-3-17(18)20(28)23-26/h1-8H,9-14H2,(H,23,28). The van der Waals surface area contributed by atoms with Gasteiger partial charge in [-0.25, -0.2) is 4.68 Å². The molecule has 1 aliphatic rings. The van der Waals surface area contributed by atoms with Crippen molar-refractivity contribution in [1.82, 2.24) is 19.6 Å². The third kappa shape index (κ3) is 4.26. The van der Waals surface area contributed by atoms with Gasteiger partial charge in [0, 0.05) is 37.7 Å². The minimum Gasteiger partial charge on any atom is -0.339 e. The second-order valence-electron chi connectivity index (χ2n) is 7.16. The van der Waals surface area contributed by atoms with E-state index in [1.807, 2.05) is 24.3 Å². The predicted molar refractivity (Wildman–Crippen MR) is 112 cm³/mol. The van der Waals surface area contributed by atoms with Crippen molar-refractivity contribution < 1.29 is 4.79 Å². The van der Waals surface area contributed by atoms with E-state index >= 15 is 0 Å². The van der Waals surface area contributed by atoms with E-state index in [0.717, 1.165) is 24.3 Å². The lowest BCUT2D eigenvalue weighted by atomic mass is 10.2. The van der Waals surface area contributed by atoms with E-state index in [1.54, 1.807) is 29.2 Å². The Kier molecular flexibility index (Phi) is 5.51. The van der Waals surface area contributed by atoms with Crippen molar-refractivity contribution in [2.24, 2.45) is 0 Å². The van der Waals surface area contributed by atoms with Crippen molar-refractivity contribution in [3.8, 4) is 0 Å². The van der Waals surface area contributed by atoms with Gasteiger partial charge in [0.2, 0.25) is 5.91 Å². The van der Waals surface area contributed by atoms with E-state index in [9.17, 15) is 14.4 Å². The van der Waals surface area contributed by atoms with Crippen molar-refractivity contribution in [1.29, 1.82) is 0 Å². The van der Waals surface area contributed by atoms with Gasteiger partial charge in [-0.2, -0.15) is 0 Å². The Morgan fingerprint density at radius 3 is 2.28 bits per heavy atom. The van der Waals surface area contributed by atoms with Crippen molar-refractivity contribution in [2.75, 3.05) is 26.2 Å². The minimum atomic E-state index is -0.374. The second-order valence-corrected chi connectivity index (χ2v) is 7.60. The third-order valence-corrected chi connectivity index (χ3v) is 5.47. The number of aromatic amines is 1. The van der Waals surface area contributed by atoms with Crippen LogP contribution in [-0.2, 0) is 17.9 Å². The summed E-state index contributed by atoms with van der Waals surface area (Å²) in [5.74, 6) is -0.177. The maximum atomic E-state index is 12.7. The molecular formula is C21H21ClN4O3. The number of amides is 1. The molecule has 7 nitrogen and oxygen atoms in total. The number of piperazine rings is 1. The molecule has 0 bridgehead atoms. The largest absolute Gasteiger partial charge is 0.339 e. The van der Waals surface area contributed by atoms with Crippen LogP contribution >= 0.6 is 11.6 Å². The number of hydrogen-bond donors (Lipinski definition) is 1. The number of carbonyl (C=O) groups is 1. The van der Waals surface area contributed by atoms with Crippen LogP contribution in [0.1, 0.15) is 5.56 Å². The van der Waals surface area contributed by atoms with E-state index in [0.29, 0.717) is 28.9 Å². The highest BCUT2D eigenvalue weighted by Gasteiger charge is 2.22. The number of benzene rings is 2. The molecule has 2 heterocycles. The fourth-order valence-electron chi connectivity index (χ4n) is 3.60. The monoisotopic (exact) mass is 412 g/mol. The smallest absolute Gasteiger partial charge is 0.273 e. The normalized spacial score (nSPS) is 15.0. The van der Waals surface area contributed by atoms with E-state index < -0.39 is 0 Å². The minimum absolute atomic E-state index is 0.171. The summed E-state index contributed by atoms with van der Waals surface area (Å²) in [7, 11) is 0. The summed E-state index contributed by atoms with van der Waals surface area (Å²) in [5, 5.41) is 3.88. The highest BCUT2D eigenvalue weighted by atomic mass is 35.5.